The van der Waals surface area contributed by atoms with Crippen molar-refractivity contribution < 1.29 is 38.7 Å². The third-order valence-electron chi connectivity index (χ3n) is 3.18. The minimum Gasteiger partial charge on any atom is -0.466 e. The van der Waals surface area contributed by atoms with E-state index in [1.54, 1.807) is 6.92 Å². The van der Waals surface area contributed by atoms with Crippen molar-refractivity contribution in [1.29, 1.82) is 0 Å². The van der Waals surface area contributed by atoms with Gasteiger partial charge < -0.3 is 29.2 Å². The molecule has 4 atom stereocenters. The minimum absolute atomic E-state index is 0.0119. The van der Waals surface area contributed by atoms with Crippen LogP contribution in [0.1, 0.15) is 19.8 Å². The first-order chi connectivity index (χ1) is 9.46. The van der Waals surface area contributed by atoms with Crippen LogP contribution < -0.4 is 0 Å². The van der Waals surface area contributed by atoms with Crippen molar-refractivity contribution in [3.63, 3.8) is 0 Å². The molecule has 2 aliphatic heterocycles. The second-order valence-corrected chi connectivity index (χ2v) is 4.72. The molecule has 2 N–H and O–H groups in total. The molecule has 0 radical (unpaired) electrons. The van der Waals surface area contributed by atoms with Gasteiger partial charge in [-0.1, -0.05) is 0 Å². The van der Waals surface area contributed by atoms with Gasteiger partial charge in [0.25, 0.3) is 5.79 Å². The lowest BCUT2D eigenvalue weighted by atomic mass is 10.1. The first-order valence-electron chi connectivity index (χ1n) is 6.47. The van der Waals surface area contributed by atoms with E-state index in [-0.39, 0.29) is 32.7 Å². The number of fused-ring (bicyclic) bond motifs is 1. The van der Waals surface area contributed by atoms with E-state index in [2.05, 4.69) is 4.74 Å². The summed E-state index contributed by atoms with van der Waals surface area (Å²) in [7, 11) is 0. The molecule has 0 aliphatic carbocycles. The average molecular weight is 290 g/mol. The third kappa shape index (κ3) is 3.09. The Morgan fingerprint density at radius 2 is 2.00 bits per heavy atom. The second kappa shape index (κ2) is 6.04. The molecule has 0 saturated carbocycles. The number of hydrogen-bond donors (Lipinski definition) is 2. The van der Waals surface area contributed by atoms with Crippen LogP contribution in [0, 0.1) is 0 Å². The smallest absolute Gasteiger partial charge is 0.309 e. The zero-order chi connectivity index (χ0) is 14.8. The van der Waals surface area contributed by atoms with E-state index in [0.29, 0.717) is 0 Å². The summed E-state index contributed by atoms with van der Waals surface area (Å²) < 4.78 is 20.0. The van der Waals surface area contributed by atoms with Gasteiger partial charge in [0.1, 0.15) is 18.8 Å². The SMILES string of the molecule is CCOC(=O)CCC(=O)O[C@@]1(O)CO[C@@H]2[C@H](O)CO[C@@H]21. The quantitative estimate of drug-likeness (QED) is 0.476. The van der Waals surface area contributed by atoms with Gasteiger partial charge in [0.15, 0.2) is 6.10 Å². The maximum atomic E-state index is 11.6. The number of carbonyl (C=O) groups excluding carboxylic acids is 2. The number of ether oxygens (including phenoxy) is 4. The van der Waals surface area contributed by atoms with Crippen LogP contribution in [0.2, 0.25) is 0 Å². The van der Waals surface area contributed by atoms with Crippen LogP contribution in [0.3, 0.4) is 0 Å². The van der Waals surface area contributed by atoms with Gasteiger partial charge in [-0.25, -0.2) is 0 Å². The summed E-state index contributed by atoms with van der Waals surface area (Å²) in [5, 5.41) is 19.7. The van der Waals surface area contributed by atoms with Crippen LogP contribution in [-0.2, 0) is 28.5 Å². The summed E-state index contributed by atoms with van der Waals surface area (Å²) in [5.74, 6) is -3.19. The molecular formula is C12H18O8. The Kier molecular flexibility index (Phi) is 4.59. The fourth-order valence-corrected chi connectivity index (χ4v) is 2.25. The molecule has 0 unspecified atom stereocenters. The molecule has 0 amide bonds. The van der Waals surface area contributed by atoms with Crippen molar-refractivity contribution in [3.8, 4) is 0 Å². The third-order valence-corrected chi connectivity index (χ3v) is 3.18. The molecule has 0 spiro atoms. The van der Waals surface area contributed by atoms with Gasteiger partial charge in [-0.15, -0.1) is 0 Å². The van der Waals surface area contributed by atoms with Gasteiger partial charge in [0, 0.05) is 0 Å². The molecule has 2 rings (SSSR count). The van der Waals surface area contributed by atoms with E-state index in [9.17, 15) is 19.8 Å². The summed E-state index contributed by atoms with van der Waals surface area (Å²) >= 11 is 0. The van der Waals surface area contributed by atoms with Crippen molar-refractivity contribution >= 4 is 11.9 Å². The van der Waals surface area contributed by atoms with E-state index in [0.717, 1.165) is 0 Å². The second-order valence-electron chi connectivity index (χ2n) is 4.72. The van der Waals surface area contributed by atoms with E-state index >= 15 is 0 Å². The first-order valence-corrected chi connectivity index (χ1v) is 6.47. The van der Waals surface area contributed by atoms with Crippen LogP contribution in [0.15, 0.2) is 0 Å². The molecule has 2 heterocycles. The Bertz CT molecular complexity index is 384. The lowest BCUT2D eigenvalue weighted by molar-refractivity contribution is -0.238. The van der Waals surface area contributed by atoms with Crippen LogP contribution >= 0.6 is 0 Å². The number of hydrogen-bond acceptors (Lipinski definition) is 8. The maximum Gasteiger partial charge on any atom is 0.309 e. The summed E-state index contributed by atoms with van der Waals surface area (Å²) in [6.07, 6.45) is -2.81. The largest absolute Gasteiger partial charge is 0.466 e. The zero-order valence-electron chi connectivity index (χ0n) is 11.1. The van der Waals surface area contributed by atoms with Crippen LogP contribution in [0.25, 0.3) is 0 Å². The van der Waals surface area contributed by atoms with Gasteiger partial charge in [-0.2, -0.15) is 0 Å². The highest BCUT2D eigenvalue weighted by Crippen LogP contribution is 2.35. The fraction of sp³-hybridized carbons (Fsp3) is 0.833. The predicted octanol–water partition coefficient (Wildman–Crippen LogP) is -1.28. The lowest BCUT2D eigenvalue weighted by Crippen LogP contribution is -2.47. The van der Waals surface area contributed by atoms with Gasteiger partial charge >= 0.3 is 11.9 Å². The van der Waals surface area contributed by atoms with E-state index in [4.69, 9.17) is 14.2 Å². The number of rotatable bonds is 5. The Hall–Kier alpha value is -1.22. The molecule has 2 aliphatic rings. The summed E-state index contributed by atoms with van der Waals surface area (Å²) in [5.41, 5.74) is 0. The number of aliphatic hydroxyl groups is 2. The molecule has 8 heteroatoms. The molecule has 0 aromatic carbocycles. The predicted molar refractivity (Wildman–Crippen MR) is 62.4 cm³/mol. The summed E-state index contributed by atoms with van der Waals surface area (Å²) in [6, 6.07) is 0. The van der Waals surface area contributed by atoms with Crippen molar-refractivity contribution in [2.24, 2.45) is 0 Å². The maximum absolute atomic E-state index is 11.6. The van der Waals surface area contributed by atoms with Crippen LogP contribution in [0.4, 0.5) is 0 Å². The average Bonchev–Trinajstić information content (AvgIpc) is 2.91. The molecule has 2 saturated heterocycles. The van der Waals surface area contributed by atoms with E-state index in [1.165, 1.54) is 0 Å². The molecule has 0 aromatic heterocycles. The van der Waals surface area contributed by atoms with Gasteiger partial charge in [0.2, 0.25) is 0 Å². The Morgan fingerprint density at radius 3 is 2.70 bits per heavy atom. The first kappa shape index (κ1) is 15.2. The Morgan fingerprint density at radius 1 is 1.30 bits per heavy atom. The fourth-order valence-electron chi connectivity index (χ4n) is 2.25. The highest BCUT2D eigenvalue weighted by atomic mass is 16.7. The number of esters is 2. The van der Waals surface area contributed by atoms with Gasteiger partial charge in [0.05, 0.1) is 26.1 Å². The molecular weight excluding hydrogens is 272 g/mol. The van der Waals surface area contributed by atoms with E-state index < -0.39 is 36.0 Å². The highest BCUT2D eigenvalue weighted by molar-refractivity contribution is 5.77. The van der Waals surface area contributed by atoms with Crippen molar-refractivity contribution in [2.75, 3.05) is 19.8 Å². The number of carbonyl (C=O) groups is 2. The zero-order valence-corrected chi connectivity index (χ0v) is 11.1. The summed E-state index contributed by atoms with van der Waals surface area (Å²) in [6.45, 7) is 1.64. The molecule has 0 aromatic rings. The van der Waals surface area contributed by atoms with Crippen molar-refractivity contribution in [2.45, 2.75) is 43.9 Å². The van der Waals surface area contributed by atoms with Crippen molar-refractivity contribution in [1.82, 2.24) is 0 Å². The normalized spacial score (nSPS) is 35.6. The van der Waals surface area contributed by atoms with Crippen LogP contribution in [-0.4, -0.2) is 66.1 Å². The Balaban J connectivity index is 1.83. The lowest BCUT2D eigenvalue weighted by Gasteiger charge is -2.26. The Labute approximate surface area is 115 Å². The monoisotopic (exact) mass is 290 g/mol. The molecule has 20 heavy (non-hydrogen) atoms. The van der Waals surface area contributed by atoms with Crippen LogP contribution in [0.5, 0.6) is 0 Å². The molecule has 114 valence electrons. The molecule has 0 bridgehead atoms. The van der Waals surface area contributed by atoms with Crippen molar-refractivity contribution in [3.05, 3.63) is 0 Å². The highest BCUT2D eigenvalue weighted by Gasteiger charge is 2.58. The number of aliphatic hydroxyl groups excluding tert-OH is 1. The molecule has 2 fully saturated rings. The topological polar surface area (TPSA) is 112 Å². The standard InChI is InChI=1S/C12H18O8/c1-2-17-8(14)3-4-9(15)20-12(16)6-19-10-7(13)5-18-11(10)12/h7,10-11,13,16H,2-6H2,1H3/t7-,10-,11+,12+/m1/s1. The summed E-state index contributed by atoms with van der Waals surface area (Å²) in [4.78, 5) is 22.7. The van der Waals surface area contributed by atoms with E-state index in [1.807, 2.05) is 0 Å². The van der Waals surface area contributed by atoms with Gasteiger partial charge in [-0.05, 0) is 6.92 Å². The minimum atomic E-state index is -1.92. The van der Waals surface area contributed by atoms with Gasteiger partial charge in [-0.3, -0.25) is 9.59 Å². The molecule has 8 nitrogen and oxygen atoms in total.